The summed E-state index contributed by atoms with van der Waals surface area (Å²) in [5.41, 5.74) is 0.776. The molecule has 1 aromatic carbocycles. The highest BCUT2D eigenvalue weighted by molar-refractivity contribution is 5.83. The SMILES string of the molecule is O=C(NCc1nncn1-c1ccccc1)[C@@]12CCCC[C@H]1CNC2. The lowest BCUT2D eigenvalue weighted by Gasteiger charge is -2.37. The highest BCUT2D eigenvalue weighted by Gasteiger charge is 2.49. The van der Waals surface area contributed by atoms with Crippen LogP contribution in [-0.4, -0.2) is 33.8 Å². The Bertz CT molecular complexity index is 713. The minimum absolute atomic E-state index is 0.166. The van der Waals surface area contributed by atoms with E-state index >= 15 is 0 Å². The Morgan fingerprint density at radius 2 is 2.21 bits per heavy atom. The number of nitrogens with one attached hydrogen (secondary N) is 2. The fourth-order valence-electron chi connectivity index (χ4n) is 4.21. The maximum atomic E-state index is 12.9. The summed E-state index contributed by atoms with van der Waals surface area (Å²) in [7, 11) is 0. The van der Waals surface area contributed by atoms with Crippen LogP contribution >= 0.6 is 0 Å². The fourth-order valence-corrected chi connectivity index (χ4v) is 4.21. The second-order valence-electron chi connectivity index (χ2n) is 6.87. The average molecular weight is 325 g/mol. The zero-order valence-electron chi connectivity index (χ0n) is 13.7. The molecule has 2 heterocycles. The third-order valence-electron chi connectivity index (χ3n) is 5.55. The lowest BCUT2D eigenvalue weighted by atomic mass is 9.67. The summed E-state index contributed by atoms with van der Waals surface area (Å²) in [6, 6.07) is 9.95. The van der Waals surface area contributed by atoms with Crippen LogP contribution < -0.4 is 10.6 Å². The summed E-state index contributed by atoms with van der Waals surface area (Å²) in [5.74, 6) is 1.39. The maximum Gasteiger partial charge on any atom is 0.228 e. The molecule has 126 valence electrons. The fraction of sp³-hybridized carbons (Fsp3) is 0.500. The molecule has 1 saturated heterocycles. The Balaban J connectivity index is 1.48. The largest absolute Gasteiger partial charge is 0.348 e. The molecule has 4 rings (SSSR count). The van der Waals surface area contributed by atoms with Gasteiger partial charge in [-0.3, -0.25) is 9.36 Å². The molecule has 2 aromatic rings. The highest BCUT2D eigenvalue weighted by Crippen LogP contribution is 2.43. The number of carbonyl (C=O) groups excluding carboxylic acids is 1. The number of hydrogen-bond acceptors (Lipinski definition) is 4. The Morgan fingerprint density at radius 1 is 1.33 bits per heavy atom. The van der Waals surface area contributed by atoms with Crippen LogP contribution in [0.1, 0.15) is 31.5 Å². The van der Waals surface area contributed by atoms with Crippen molar-refractivity contribution in [3.8, 4) is 5.69 Å². The summed E-state index contributed by atoms with van der Waals surface area (Å²) in [4.78, 5) is 12.9. The van der Waals surface area contributed by atoms with E-state index in [1.165, 1.54) is 6.42 Å². The number of benzene rings is 1. The number of aromatic nitrogens is 3. The second-order valence-corrected chi connectivity index (χ2v) is 6.87. The van der Waals surface area contributed by atoms with Crippen LogP contribution in [-0.2, 0) is 11.3 Å². The Kier molecular flexibility index (Phi) is 4.06. The number of fused-ring (bicyclic) bond motifs is 1. The minimum Gasteiger partial charge on any atom is -0.348 e. The second kappa shape index (κ2) is 6.36. The highest BCUT2D eigenvalue weighted by atomic mass is 16.2. The van der Waals surface area contributed by atoms with Gasteiger partial charge in [0.15, 0.2) is 5.82 Å². The van der Waals surface area contributed by atoms with E-state index in [1.807, 2.05) is 34.9 Å². The molecule has 1 aliphatic carbocycles. The Labute approximate surface area is 141 Å². The molecule has 24 heavy (non-hydrogen) atoms. The summed E-state index contributed by atoms with van der Waals surface area (Å²) in [5, 5.41) is 14.7. The van der Waals surface area contributed by atoms with Crippen molar-refractivity contribution in [1.82, 2.24) is 25.4 Å². The van der Waals surface area contributed by atoms with E-state index < -0.39 is 0 Å². The smallest absolute Gasteiger partial charge is 0.228 e. The van der Waals surface area contributed by atoms with Crippen molar-refractivity contribution in [3.63, 3.8) is 0 Å². The predicted octanol–water partition coefficient (Wildman–Crippen LogP) is 1.66. The quantitative estimate of drug-likeness (QED) is 0.897. The van der Waals surface area contributed by atoms with Gasteiger partial charge in [-0.1, -0.05) is 31.0 Å². The molecule has 0 unspecified atom stereocenters. The zero-order valence-corrected chi connectivity index (χ0v) is 13.7. The normalized spacial score (nSPS) is 26.1. The van der Waals surface area contributed by atoms with Crippen molar-refractivity contribution in [2.24, 2.45) is 11.3 Å². The molecule has 0 bridgehead atoms. The molecular formula is C18H23N5O. The van der Waals surface area contributed by atoms with Gasteiger partial charge in [-0.15, -0.1) is 10.2 Å². The van der Waals surface area contributed by atoms with Gasteiger partial charge in [0.1, 0.15) is 6.33 Å². The van der Waals surface area contributed by atoms with E-state index in [1.54, 1.807) is 6.33 Å². The van der Waals surface area contributed by atoms with Crippen molar-refractivity contribution in [3.05, 3.63) is 42.5 Å². The van der Waals surface area contributed by atoms with Crippen LogP contribution in [0.15, 0.2) is 36.7 Å². The van der Waals surface area contributed by atoms with E-state index in [0.717, 1.165) is 43.9 Å². The summed E-state index contributed by atoms with van der Waals surface area (Å²) >= 11 is 0. The average Bonchev–Trinajstić information content (AvgIpc) is 3.27. The topological polar surface area (TPSA) is 71.8 Å². The standard InChI is InChI=1S/C18H23N5O/c24-17(18-9-5-4-6-14(18)10-19-12-18)20-11-16-22-21-13-23(16)15-7-2-1-3-8-15/h1-3,7-8,13-14,19H,4-6,9-12H2,(H,20,24)/t14-,18+/m0/s1. The number of nitrogens with zero attached hydrogens (tertiary/aromatic N) is 3. The van der Waals surface area contributed by atoms with Crippen molar-refractivity contribution in [2.45, 2.75) is 32.2 Å². The molecular weight excluding hydrogens is 302 g/mol. The zero-order chi connectivity index (χ0) is 16.4. The predicted molar refractivity (Wildman–Crippen MR) is 90.5 cm³/mol. The van der Waals surface area contributed by atoms with Crippen LogP contribution in [0, 0.1) is 11.3 Å². The number of amides is 1. The van der Waals surface area contributed by atoms with Gasteiger partial charge in [0, 0.05) is 12.2 Å². The lowest BCUT2D eigenvalue weighted by molar-refractivity contribution is -0.134. The van der Waals surface area contributed by atoms with E-state index in [-0.39, 0.29) is 11.3 Å². The minimum atomic E-state index is -0.226. The third kappa shape index (κ3) is 2.60. The van der Waals surface area contributed by atoms with Crippen LogP contribution in [0.25, 0.3) is 5.69 Å². The molecule has 2 N–H and O–H groups in total. The molecule has 1 amide bonds. The first-order chi connectivity index (χ1) is 11.8. The van der Waals surface area contributed by atoms with Crippen LogP contribution in [0.3, 0.4) is 0 Å². The van der Waals surface area contributed by atoms with Crippen molar-refractivity contribution < 1.29 is 4.79 Å². The number of para-hydroxylation sites is 1. The van der Waals surface area contributed by atoms with Gasteiger partial charge in [0.25, 0.3) is 0 Å². The molecule has 6 nitrogen and oxygen atoms in total. The van der Waals surface area contributed by atoms with Crippen LogP contribution in [0.4, 0.5) is 0 Å². The Hall–Kier alpha value is -2.21. The van der Waals surface area contributed by atoms with Crippen LogP contribution in [0.5, 0.6) is 0 Å². The molecule has 2 atom stereocenters. The molecule has 1 saturated carbocycles. The molecule has 1 aliphatic heterocycles. The molecule has 2 fully saturated rings. The molecule has 6 heteroatoms. The first kappa shape index (κ1) is 15.3. The molecule has 1 aromatic heterocycles. The van der Waals surface area contributed by atoms with Gasteiger partial charge in [-0.05, 0) is 37.4 Å². The van der Waals surface area contributed by atoms with Gasteiger partial charge in [-0.2, -0.15) is 0 Å². The van der Waals surface area contributed by atoms with Gasteiger partial charge in [0.05, 0.1) is 12.0 Å². The van der Waals surface area contributed by atoms with E-state index in [4.69, 9.17) is 0 Å². The summed E-state index contributed by atoms with van der Waals surface area (Å²) in [6.07, 6.45) is 6.22. The van der Waals surface area contributed by atoms with Gasteiger partial charge >= 0.3 is 0 Å². The first-order valence-corrected chi connectivity index (χ1v) is 8.73. The lowest BCUT2D eigenvalue weighted by Crippen LogP contribution is -2.47. The maximum absolute atomic E-state index is 12.9. The van der Waals surface area contributed by atoms with Crippen molar-refractivity contribution >= 4 is 5.91 Å². The van der Waals surface area contributed by atoms with Gasteiger partial charge in [-0.25, -0.2) is 0 Å². The third-order valence-corrected chi connectivity index (χ3v) is 5.55. The van der Waals surface area contributed by atoms with Crippen molar-refractivity contribution in [2.75, 3.05) is 13.1 Å². The monoisotopic (exact) mass is 325 g/mol. The van der Waals surface area contributed by atoms with Gasteiger partial charge in [0.2, 0.25) is 5.91 Å². The van der Waals surface area contributed by atoms with Crippen LogP contribution in [0.2, 0.25) is 0 Å². The van der Waals surface area contributed by atoms with E-state index in [2.05, 4.69) is 20.8 Å². The Morgan fingerprint density at radius 3 is 3.08 bits per heavy atom. The first-order valence-electron chi connectivity index (χ1n) is 8.73. The number of rotatable bonds is 4. The molecule has 0 radical (unpaired) electrons. The molecule has 2 aliphatic rings. The van der Waals surface area contributed by atoms with E-state index in [9.17, 15) is 4.79 Å². The number of hydrogen-bond donors (Lipinski definition) is 2. The van der Waals surface area contributed by atoms with E-state index in [0.29, 0.717) is 12.5 Å². The van der Waals surface area contributed by atoms with Crippen molar-refractivity contribution in [1.29, 1.82) is 0 Å². The summed E-state index contributed by atoms with van der Waals surface area (Å²) < 4.78 is 1.92. The number of carbonyl (C=O) groups is 1. The van der Waals surface area contributed by atoms with Gasteiger partial charge < -0.3 is 10.6 Å². The summed E-state index contributed by atoms with van der Waals surface area (Å²) in [6.45, 7) is 2.17. The molecule has 0 spiro atoms.